The highest BCUT2D eigenvalue weighted by atomic mass is 79.9. The highest BCUT2D eigenvalue weighted by Crippen LogP contribution is 2.39. The molecule has 0 fully saturated rings. The van der Waals surface area contributed by atoms with Crippen molar-refractivity contribution in [3.8, 4) is 0 Å². The third kappa shape index (κ3) is 3.07. The van der Waals surface area contributed by atoms with Crippen LogP contribution in [0.3, 0.4) is 0 Å². The molecule has 0 spiro atoms. The average molecular weight is 454 g/mol. The molecule has 5 heteroatoms. The first kappa shape index (κ1) is 14.7. The first-order valence-corrected chi connectivity index (χ1v) is 8.60. The van der Waals surface area contributed by atoms with E-state index >= 15 is 0 Å². The Kier molecular flexibility index (Phi) is 5.06. The number of rotatable bonds is 3. The summed E-state index contributed by atoms with van der Waals surface area (Å²) < 4.78 is 3.42. The predicted octanol–water partition coefficient (Wildman–Crippen LogP) is 5.65. The van der Waals surface area contributed by atoms with Crippen LogP contribution < -0.4 is 5.32 Å². The largest absolute Gasteiger partial charge is 0.309 e. The van der Waals surface area contributed by atoms with Crippen molar-refractivity contribution >= 4 is 59.1 Å². The lowest BCUT2D eigenvalue weighted by molar-refractivity contribution is 0.688. The molecule has 0 saturated carbocycles. The third-order valence-electron chi connectivity index (χ3n) is 2.75. The van der Waals surface area contributed by atoms with E-state index in [1.807, 2.05) is 7.05 Å². The molecule has 0 bridgehead atoms. The highest BCUT2D eigenvalue weighted by molar-refractivity contribution is 9.12. The molecular formula is C13H12Br3NS. The van der Waals surface area contributed by atoms with E-state index in [0.29, 0.717) is 0 Å². The molecule has 0 aliphatic rings. The van der Waals surface area contributed by atoms with Gasteiger partial charge in [-0.2, -0.15) is 0 Å². The van der Waals surface area contributed by atoms with E-state index in [9.17, 15) is 0 Å². The van der Waals surface area contributed by atoms with E-state index in [1.165, 1.54) is 16.7 Å². The number of nitrogens with one attached hydrogen (secondary N) is 1. The molecule has 1 nitrogen and oxygen atoms in total. The molecule has 0 amide bonds. The van der Waals surface area contributed by atoms with E-state index in [1.54, 1.807) is 11.3 Å². The number of benzene rings is 1. The highest BCUT2D eigenvalue weighted by Gasteiger charge is 2.19. The molecule has 18 heavy (non-hydrogen) atoms. The van der Waals surface area contributed by atoms with E-state index in [2.05, 4.69) is 84.3 Å². The molecule has 0 saturated heterocycles. The third-order valence-corrected chi connectivity index (χ3v) is 5.82. The van der Waals surface area contributed by atoms with Crippen LogP contribution in [0.5, 0.6) is 0 Å². The number of thiophene rings is 1. The predicted molar refractivity (Wildman–Crippen MR) is 89.5 cm³/mol. The summed E-state index contributed by atoms with van der Waals surface area (Å²) in [5.41, 5.74) is 3.75. The standard InChI is InChI=1S/C13H12Br3NS/c1-7-3-4-8(10(14)5-7)12(17-2)9-6-11(15)18-13(9)16/h3-6,12,17H,1-2H3. The SMILES string of the molecule is CNC(c1ccc(C)cc1Br)c1cc(Br)sc1Br. The Morgan fingerprint density at radius 2 is 1.83 bits per heavy atom. The van der Waals surface area contributed by atoms with Crippen molar-refractivity contribution in [3.05, 3.63) is 53.0 Å². The van der Waals surface area contributed by atoms with Gasteiger partial charge in [-0.05, 0) is 74.7 Å². The molecule has 1 atom stereocenters. The fourth-order valence-electron chi connectivity index (χ4n) is 1.89. The first-order valence-electron chi connectivity index (χ1n) is 5.41. The van der Waals surface area contributed by atoms with E-state index < -0.39 is 0 Å². The average Bonchev–Trinajstić information content (AvgIpc) is 2.62. The summed E-state index contributed by atoms with van der Waals surface area (Å²) in [5, 5.41) is 3.37. The Balaban J connectivity index is 2.48. The maximum absolute atomic E-state index is 3.65. The van der Waals surface area contributed by atoms with Crippen LogP contribution in [-0.2, 0) is 0 Å². The van der Waals surface area contributed by atoms with Crippen molar-refractivity contribution < 1.29 is 0 Å². The summed E-state index contributed by atoms with van der Waals surface area (Å²) in [6, 6.07) is 8.78. The van der Waals surface area contributed by atoms with Crippen molar-refractivity contribution in [1.29, 1.82) is 0 Å². The van der Waals surface area contributed by atoms with Gasteiger partial charge in [0.25, 0.3) is 0 Å². The van der Waals surface area contributed by atoms with Gasteiger partial charge in [0.15, 0.2) is 0 Å². The number of aryl methyl sites for hydroxylation is 1. The van der Waals surface area contributed by atoms with Gasteiger partial charge in [0.05, 0.1) is 13.6 Å². The van der Waals surface area contributed by atoms with Crippen LogP contribution in [0.2, 0.25) is 0 Å². The summed E-state index contributed by atoms with van der Waals surface area (Å²) in [6.45, 7) is 2.10. The molecule has 1 N–H and O–H groups in total. The summed E-state index contributed by atoms with van der Waals surface area (Å²) in [7, 11) is 1.98. The maximum atomic E-state index is 3.65. The molecule has 1 heterocycles. The number of halogens is 3. The van der Waals surface area contributed by atoms with Crippen LogP contribution in [0, 0.1) is 6.92 Å². The van der Waals surface area contributed by atoms with Gasteiger partial charge in [0.2, 0.25) is 0 Å². The maximum Gasteiger partial charge on any atom is 0.0761 e. The minimum Gasteiger partial charge on any atom is -0.309 e. The van der Waals surface area contributed by atoms with Crippen molar-refractivity contribution in [2.24, 2.45) is 0 Å². The van der Waals surface area contributed by atoms with E-state index in [4.69, 9.17) is 0 Å². The van der Waals surface area contributed by atoms with E-state index in [0.717, 1.165) is 12.0 Å². The van der Waals surface area contributed by atoms with Crippen LogP contribution in [0.15, 0.2) is 36.3 Å². The monoisotopic (exact) mass is 451 g/mol. The van der Waals surface area contributed by atoms with Crippen molar-refractivity contribution in [2.75, 3.05) is 7.05 Å². The number of hydrogen-bond acceptors (Lipinski definition) is 2. The molecule has 0 aliphatic heterocycles. The van der Waals surface area contributed by atoms with Crippen molar-refractivity contribution in [3.63, 3.8) is 0 Å². The zero-order chi connectivity index (χ0) is 13.3. The Morgan fingerprint density at radius 3 is 2.33 bits per heavy atom. The van der Waals surface area contributed by atoms with Gasteiger partial charge in [-0.15, -0.1) is 11.3 Å². The lowest BCUT2D eigenvalue weighted by Crippen LogP contribution is -2.18. The second kappa shape index (κ2) is 6.18. The molecule has 1 aromatic heterocycles. The van der Waals surface area contributed by atoms with Gasteiger partial charge in [0, 0.05) is 4.47 Å². The van der Waals surface area contributed by atoms with Gasteiger partial charge >= 0.3 is 0 Å². The van der Waals surface area contributed by atoms with Crippen molar-refractivity contribution in [1.82, 2.24) is 5.32 Å². The summed E-state index contributed by atoms with van der Waals surface area (Å²) in [5.74, 6) is 0. The van der Waals surface area contributed by atoms with Crippen LogP contribution >= 0.6 is 59.1 Å². The Morgan fingerprint density at radius 1 is 1.11 bits per heavy atom. The minimum absolute atomic E-state index is 0.178. The molecule has 1 unspecified atom stereocenters. The lowest BCUT2D eigenvalue weighted by atomic mass is 10.0. The second-order valence-corrected chi connectivity index (χ2v) is 8.63. The zero-order valence-corrected chi connectivity index (χ0v) is 15.5. The Hall–Kier alpha value is 0.320. The van der Waals surface area contributed by atoms with Crippen LogP contribution in [0.25, 0.3) is 0 Å². The van der Waals surface area contributed by atoms with Crippen LogP contribution in [0.4, 0.5) is 0 Å². The topological polar surface area (TPSA) is 12.0 Å². The summed E-state index contributed by atoms with van der Waals surface area (Å²) >= 11 is 12.5. The zero-order valence-electron chi connectivity index (χ0n) is 9.93. The fourth-order valence-corrected chi connectivity index (χ4v) is 5.52. The fraction of sp³-hybridized carbons (Fsp3) is 0.231. The molecular weight excluding hydrogens is 442 g/mol. The molecule has 0 aliphatic carbocycles. The second-order valence-electron chi connectivity index (χ2n) is 4.03. The summed E-state index contributed by atoms with van der Waals surface area (Å²) in [6.07, 6.45) is 0. The lowest BCUT2D eigenvalue weighted by Gasteiger charge is -2.18. The normalized spacial score (nSPS) is 12.7. The quantitative estimate of drug-likeness (QED) is 0.633. The summed E-state index contributed by atoms with van der Waals surface area (Å²) in [4.78, 5) is 0. The molecule has 2 rings (SSSR count). The van der Waals surface area contributed by atoms with Crippen LogP contribution in [-0.4, -0.2) is 7.05 Å². The van der Waals surface area contributed by atoms with E-state index in [-0.39, 0.29) is 6.04 Å². The first-order chi connectivity index (χ1) is 8.52. The van der Waals surface area contributed by atoms with Gasteiger partial charge in [-0.1, -0.05) is 28.1 Å². The molecule has 96 valence electrons. The van der Waals surface area contributed by atoms with Gasteiger partial charge in [-0.25, -0.2) is 0 Å². The van der Waals surface area contributed by atoms with Crippen molar-refractivity contribution in [2.45, 2.75) is 13.0 Å². The van der Waals surface area contributed by atoms with Gasteiger partial charge in [0.1, 0.15) is 0 Å². The molecule has 0 radical (unpaired) electrons. The Bertz CT molecular complexity index is 565. The smallest absolute Gasteiger partial charge is 0.0761 e. The molecule has 1 aromatic carbocycles. The Labute approximate surface area is 136 Å². The van der Waals surface area contributed by atoms with Gasteiger partial charge in [-0.3, -0.25) is 0 Å². The van der Waals surface area contributed by atoms with Gasteiger partial charge < -0.3 is 5.32 Å². The minimum atomic E-state index is 0.178. The molecule has 2 aromatic rings. The number of hydrogen-bond donors (Lipinski definition) is 1. The van der Waals surface area contributed by atoms with Crippen LogP contribution in [0.1, 0.15) is 22.7 Å².